The molecule has 120 valence electrons. The lowest BCUT2D eigenvalue weighted by Crippen LogP contribution is -2.38. The Hall–Kier alpha value is -2.63. The van der Waals surface area contributed by atoms with E-state index in [1.807, 2.05) is 32.0 Å². The van der Waals surface area contributed by atoms with Gasteiger partial charge in [-0.05, 0) is 25.0 Å². The minimum atomic E-state index is -0.342. The third-order valence-corrected chi connectivity index (χ3v) is 4.02. The van der Waals surface area contributed by atoms with Crippen molar-refractivity contribution in [1.29, 1.82) is 0 Å². The smallest absolute Gasteiger partial charge is 0.297 e. The molecule has 6 heteroatoms. The number of benzene rings is 1. The van der Waals surface area contributed by atoms with E-state index in [4.69, 9.17) is 4.42 Å². The molecule has 3 rings (SSSR count). The molecule has 0 bridgehead atoms. The molecule has 0 saturated heterocycles. The van der Waals surface area contributed by atoms with Crippen molar-refractivity contribution in [2.45, 2.75) is 39.3 Å². The monoisotopic (exact) mass is 313 g/mol. The number of amides is 1. The number of carbonyl (C=O) groups excluding carboxylic acids is 1. The molecule has 0 aliphatic heterocycles. The molecule has 3 aromatic rings. The van der Waals surface area contributed by atoms with Gasteiger partial charge in [-0.3, -0.25) is 14.2 Å². The summed E-state index contributed by atoms with van der Waals surface area (Å²) in [6.07, 6.45) is 3.12. The van der Waals surface area contributed by atoms with Crippen LogP contribution in [0.15, 0.2) is 39.8 Å². The lowest BCUT2D eigenvalue weighted by Gasteiger charge is -2.14. The number of aromatic nitrogens is 2. The van der Waals surface area contributed by atoms with Crippen molar-refractivity contribution < 1.29 is 9.21 Å². The van der Waals surface area contributed by atoms with Crippen molar-refractivity contribution in [3.63, 3.8) is 0 Å². The highest BCUT2D eigenvalue weighted by Crippen LogP contribution is 2.23. The Kier molecular flexibility index (Phi) is 4.14. The van der Waals surface area contributed by atoms with Crippen molar-refractivity contribution >= 4 is 28.0 Å². The summed E-state index contributed by atoms with van der Waals surface area (Å²) in [7, 11) is 0. The van der Waals surface area contributed by atoms with Crippen LogP contribution in [0.1, 0.15) is 26.7 Å². The average Bonchev–Trinajstić information content (AvgIpc) is 2.95. The van der Waals surface area contributed by atoms with Crippen LogP contribution in [-0.2, 0) is 11.3 Å². The fourth-order valence-corrected chi connectivity index (χ4v) is 2.65. The van der Waals surface area contributed by atoms with E-state index in [2.05, 4.69) is 10.3 Å². The molecule has 2 aromatic heterocycles. The predicted octanol–water partition coefficient (Wildman–Crippen LogP) is 2.45. The van der Waals surface area contributed by atoms with Crippen molar-refractivity contribution in [2.75, 3.05) is 0 Å². The fourth-order valence-electron chi connectivity index (χ4n) is 2.65. The number of furan rings is 1. The third kappa shape index (κ3) is 2.84. The summed E-state index contributed by atoms with van der Waals surface area (Å²) in [5.74, 6) is -0.196. The Morgan fingerprint density at radius 2 is 2.04 bits per heavy atom. The molecule has 1 N–H and O–H groups in total. The molecule has 0 atom stereocenters. The molecule has 23 heavy (non-hydrogen) atoms. The van der Waals surface area contributed by atoms with E-state index in [0.29, 0.717) is 11.1 Å². The van der Waals surface area contributed by atoms with Gasteiger partial charge in [-0.25, -0.2) is 4.98 Å². The zero-order valence-electron chi connectivity index (χ0n) is 13.2. The molecule has 1 aromatic carbocycles. The molecule has 0 unspecified atom stereocenters. The third-order valence-electron chi connectivity index (χ3n) is 4.02. The first-order valence-electron chi connectivity index (χ1n) is 7.80. The minimum absolute atomic E-state index is 0.0602. The summed E-state index contributed by atoms with van der Waals surface area (Å²) < 4.78 is 6.88. The lowest BCUT2D eigenvalue weighted by atomic mass is 10.2. The summed E-state index contributed by atoms with van der Waals surface area (Å²) in [6.45, 7) is 3.97. The maximum atomic E-state index is 12.5. The first kappa shape index (κ1) is 15.3. The van der Waals surface area contributed by atoms with Crippen LogP contribution in [0.4, 0.5) is 0 Å². The van der Waals surface area contributed by atoms with Crippen LogP contribution in [0, 0.1) is 0 Å². The molecule has 0 saturated carbocycles. The van der Waals surface area contributed by atoms with Gasteiger partial charge >= 0.3 is 0 Å². The Labute approximate surface area is 133 Å². The van der Waals surface area contributed by atoms with Crippen LogP contribution in [0.5, 0.6) is 0 Å². The van der Waals surface area contributed by atoms with E-state index in [9.17, 15) is 9.59 Å². The first-order valence-corrected chi connectivity index (χ1v) is 7.80. The van der Waals surface area contributed by atoms with Crippen LogP contribution in [-0.4, -0.2) is 21.5 Å². The fraction of sp³-hybridized carbons (Fsp3) is 0.353. The molecule has 0 spiro atoms. The predicted molar refractivity (Wildman–Crippen MR) is 88.3 cm³/mol. The summed E-state index contributed by atoms with van der Waals surface area (Å²) in [5, 5.41) is 3.71. The first-order chi connectivity index (χ1) is 11.1. The van der Waals surface area contributed by atoms with Gasteiger partial charge in [-0.1, -0.05) is 26.0 Å². The molecule has 2 heterocycles. The topological polar surface area (TPSA) is 77.1 Å². The Morgan fingerprint density at radius 1 is 1.30 bits per heavy atom. The van der Waals surface area contributed by atoms with Crippen LogP contribution >= 0.6 is 0 Å². The van der Waals surface area contributed by atoms with Gasteiger partial charge in [0.15, 0.2) is 0 Å². The molecule has 0 aliphatic carbocycles. The number of nitrogens with one attached hydrogen (secondary N) is 1. The molecule has 0 aliphatic rings. The summed E-state index contributed by atoms with van der Waals surface area (Å²) in [4.78, 5) is 28.9. The van der Waals surface area contributed by atoms with E-state index in [1.54, 1.807) is 6.07 Å². The van der Waals surface area contributed by atoms with Crippen molar-refractivity contribution in [1.82, 2.24) is 14.9 Å². The van der Waals surface area contributed by atoms with E-state index >= 15 is 0 Å². The second-order valence-electron chi connectivity index (χ2n) is 5.53. The van der Waals surface area contributed by atoms with Crippen LogP contribution in [0.3, 0.4) is 0 Å². The molecule has 1 amide bonds. The number of rotatable bonds is 5. The van der Waals surface area contributed by atoms with Gasteiger partial charge in [0.05, 0.1) is 6.33 Å². The van der Waals surface area contributed by atoms with E-state index in [0.717, 1.165) is 18.2 Å². The van der Waals surface area contributed by atoms with Crippen LogP contribution in [0.2, 0.25) is 0 Å². The Morgan fingerprint density at radius 3 is 2.78 bits per heavy atom. The summed E-state index contributed by atoms with van der Waals surface area (Å²) >= 11 is 0. The van der Waals surface area contributed by atoms with Gasteiger partial charge in [-0.2, -0.15) is 0 Å². The molecule has 0 fully saturated rings. The number of hydrogen-bond donors (Lipinski definition) is 1. The highest BCUT2D eigenvalue weighted by Gasteiger charge is 2.15. The minimum Gasteiger partial charge on any atom is -0.448 e. The SMILES string of the molecule is CCC(CC)NC(=O)Cn1cnc2c(oc3ccccc32)c1=O. The molecule has 6 nitrogen and oxygen atoms in total. The van der Waals surface area contributed by atoms with Gasteiger partial charge in [0.25, 0.3) is 5.56 Å². The quantitative estimate of drug-likeness (QED) is 0.785. The summed E-state index contributed by atoms with van der Waals surface area (Å²) in [6, 6.07) is 7.49. The van der Waals surface area contributed by atoms with E-state index < -0.39 is 0 Å². The molecular formula is C17H19N3O3. The van der Waals surface area contributed by atoms with Gasteiger partial charge in [-0.15, -0.1) is 0 Å². The van der Waals surface area contributed by atoms with E-state index in [-0.39, 0.29) is 29.6 Å². The standard InChI is InChI=1S/C17H19N3O3/c1-3-11(4-2)19-14(21)9-20-10-18-15-12-7-5-6-8-13(12)23-16(15)17(20)22/h5-8,10-11H,3-4,9H2,1-2H3,(H,19,21). The van der Waals surface area contributed by atoms with Crippen LogP contribution in [0.25, 0.3) is 22.1 Å². The van der Waals surface area contributed by atoms with Crippen LogP contribution < -0.4 is 10.9 Å². The maximum absolute atomic E-state index is 12.5. The Balaban J connectivity index is 1.93. The lowest BCUT2D eigenvalue weighted by molar-refractivity contribution is -0.122. The normalized spacial score (nSPS) is 11.4. The number of para-hydroxylation sites is 1. The van der Waals surface area contributed by atoms with Gasteiger partial charge < -0.3 is 9.73 Å². The second-order valence-corrected chi connectivity index (χ2v) is 5.53. The number of nitrogens with zero attached hydrogens (tertiary/aromatic N) is 2. The number of hydrogen-bond acceptors (Lipinski definition) is 4. The average molecular weight is 313 g/mol. The van der Waals surface area contributed by atoms with Crippen molar-refractivity contribution in [3.05, 3.63) is 40.9 Å². The maximum Gasteiger partial charge on any atom is 0.297 e. The van der Waals surface area contributed by atoms with Crippen molar-refractivity contribution in [3.8, 4) is 0 Å². The second kappa shape index (κ2) is 6.24. The van der Waals surface area contributed by atoms with E-state index in [1.165, 1.54) is 10.9 Å². The number of carbonyl (C=O) groups is 1. The van der Waals surface area contributed by atoms with Gasteiger partial charge in [0, 0.05) is 11.4 Å². The van der Waals surface area contributed by atoms with Gasteiger partial charge in [0.1, 0.15) is 17.6 Å². The highest BCUT2D eigenvalue weighted by molar-refractivity contribution is 6.01. The highest BCUT2D eigenvalue weighted by atomic mass is 16.3. The summed E-state index contributed by atoms with van der Waals surface area (Å²) in [5.41, 5.74) is 0.989. The zero-order valence-corrected chi connectivity index (χ0v) is 13.2. The zero-order chi connectivity index (χ0) is 16.4. The Bertz CT molecular complexity index is 906. The van der Waals surface area contributed by atoms with Gasteiger partial charge in [0.2, 0.25) is 11.5 Å². The largest absolute Gasteiger partial charge is 0.448 e. The van der Waals surface area contributed by atoms with Crippen molar-refractivity contribution in [2.24, 2.45) is 0 Å². The molecular weight excluding hydrogens is 294 g/mol. The molecule has 0 radical (unpaired) electrons. The number of fused-ring (bicyclic) bond motifs is 3.